The van der Waals surface area contributed by atoms with Gasteiger partial charge in [-0.25, -0.2) is 8.42 Å². The van der Waals surface area contributed by atoms with Gasteiger partial charge in [0.1, 0.15) is 4.21 Å². The Morgan fingerprint density at radius 2 is 2.17 bits per heavy atom. The zero-order chi connectivity index (χ0) is 13.6. The van der Waals surface area contributed by atoms with Crippen LogP contribution in [0, 0.1) is 0 Å². The predicted molar refractivity (Wildman–Crippen MR) is 69.9 cm³/mol. The second-order valence-corrected chi connectivity index (χ2v) is 6.88. The summed E-state index contributed by atoms with van der Waals surface area (Å²) in [7, 11) is -2.07. The van der Waals surface area contributed by atoms with E-state index in [0.29, 0.717) is 6.54 Å². The van der Waals surface area contributed by atoms with Crippen molar-refractivity contribution in [2.75, 3.05) is 33.4 Å². The molecule has 0 unspecified atom stereocenters. The molecule has 0 saturated carbocycles. The lowest BCUT2D eigenvalue weighted by Crippen LogP contribution is -2.35. The highest BCUT2D eigenvalue weighted by Crippen LogP contribution is 2.24. The van der Waals surface area contributed by atoms with E-state index < -0.39 is 10.0 Å². The maximum Gasteiger partial charge on any atom is 0.252 e. The lowest BCUT2D eigenvalue weighted by molar-refractivity contribution is 0.169. The number of methoxy groups -OCH3 is 1. The molecule has 18 heavy (non-hydrogen) atoms. The van der Waals surface area contributed by atoms with E-state index in [4.69, 9.17) is 15.6 Å². The van der Waals surface area contributed by atoms with Gasteiger partial charge in [0.05, 0.1) is 13.2 Å². The second kappa shape index (κ2) is 7.17. The van der Waals surface area contributed by atoms with Crippen molar-refractivity contribution in [3.05, 3.63) is 17.0 Å². The summed E-state index contributed by atoms with van der Waals surface area (Å²) in [5, 5.41) is 8.93. The summed E-state index contributed by atoms with van der Waals surface area (Å²) >= 11 is 1.15. The number of hydrogen-bond donors (Lipinski definition) is 2. The molecule has 0 saturated heterocycles. The summed E-state index contributed by atoms with van der Waals surface area (Å²) in [6.07, 6.45) is 0. The maximum atomic E-state index is 12.3. The van der Waals surface area contributed by atoms with Crippen LogP contribution < -0.4 is 5.73 Å². The molecule has 104 valence electrons. The van der Waals surface area contributed by atoms with Crippen molar-refractivity contribution in [1.29, 1.82) is 0 Å². The number of hydrogen-bond acceptors (Lipinski definition) is 6. The molecular weight excluding hydrogens is 276 g/mol. The van der Waals surface area contributed by atoms with Crippen LogP contribution in [0.15, 0.2) is 16.3 Å². The monoisotopic (exact) mass is 294 g/mol. The molecule has 0 atom stereocenters. The number of aliphatic hydroxyl groups is 1. The highest BCUT2D eigenvalue weighted by molar-refractivity contribution is 7.91. The largest absolute Gasteiger partial charge is 0.395 e. The van der Waals surface area contributed by atoms with Crippen molar-refractivity contribution in [3.8, 4) is 0 Å². The van der Waals surface area contributed by atoms with Crippen LogP contribution in [0.4, 0.5) is 0 Å². The minimum atomic E-state index is -3.57. The van der Waals surface area contributed by atoms with E-state index in [-0.39, 0.29) is 30.5 Å². The molecule has 0 aliphatic carbocycles. The van der Waals surface area contributed by atoms with Crippen LogP contribution >= 0.6 is 11.3 Å². The second-order valence-electron chi connectivity index (χ2n) is 3.55. The van der Waals surface area contributed by atoms with Crippen LogP contribution in [0.5, 0.6) is 0 Å². The van der Waals surface area contributed by atoms with Gasteiger partial charge in [-0.3, -0.25) is 0 Å². The summed E-state index contributed by atoms with van der Waals surface area (Å²) in [4.78, 5) is 0.810. The van der Waals surface area contributed by atoms with Crippen molar-refractivity contribution < 1.29 is 18.3 Å². The number of thiophene rings is 1. The van der Waals surface area contributed by atoms with Crippen molar-refractivity contribution in [1.82, 2.24) is 4.31 Å². The molecule has 0 aliphatic rings. The zero-order valence-corrected chi connectivity index (χ0v) is 11.8. The third kappa shape index (κ3) is 3.74. The molecule has 0 fully saturated rings. The third-order valence-electron chi connectivity index (χ3n) is 2.33. The molecule has 6 nitrogen and oxygen atoms in total. The van der Waals surface area contributed by atoms with E-state index in [1.54, 1.807) is 12.1 Å². The molecule has 0 bridgehead atoms. The van der Waals surface area contributed by atoms with Gasteiger partial charge in [-0.1, -0.05) is 0 Å². The first-order valence-corrected chi connectivity index (χ1v) is 7.70. The summed E-state index contributed by atoms with van der Waals surface area (Å²) in [6, 6.07) is 3.24. The van der Waals surface area contributed by atoms with Gasteiger partial charge in [0, 0.05) is 31.6 Å². The van der Waals surface area contributed by atoms with Gasteiger partial charge < -0.3 is 15.6 Å². The maximum absolute atomic E-state index is 12.3. The Balaban J connectivity index is 2.92. The number of nitrogens with two attached hydrogens (primary N) is 1. The lowest BCUT2D eigenvalue weighted by atomic mass is 10.5. The zero-order valence-electron chi connectivity index (χ0n) is 10.2. The topological polar surface area (TPSA) is 92.9 Å². The average molecular weight is 294 g/mol. The van der Waals surface area contributed by atoms with Gasteiger partial charge in [0.15, 0.2) is 0 Å². The molecule has 0 spiro atoms. The average Bonchev–Trinajstić information content (AvgIpc) is 2.83. The Labute approximate surface area is 111 Å². The van der Waals surface area contributed by atoms with Crippen LogP contribution in [0.25, 0.3) is 0 Å². The molecule has 3 N–H and O–H groups in total. The van der Waals surface area contributed by atoms with Crippen molar-refractivity contribution in [2.45, 2.75) is 10.8 Å². The third-order valence-corrected chi connectivity index (χ3v) is 5.80. The van der Waals surface area contributed by atoms with Crippen molar-refractivity contribution in [3.63, 3.8) is 0 Å². The fourth-order valence-corrected chi connectivity index (χ4v) is 4.19. The minimum absolute atomic E-state index is 0.0571. The first-order valence-electron chi connectivity index (χ1n) is 5.45. The Morgan fingerprint density at radius 3 is 2.67 bits per heavy atom. The highest BCUT2D eigenvalue weighted by Gasteiger charge is 2.25. The molecule has 1 heterocycles. The lowest BCUT2D eigenvalue weighted by Gasteiger charge is -2.19. The minimum Gasteiger partial charge on any atom is -0.395 e. The predicted octanol–water partition coefficient (Wildman–Crippen LogP) is -0.164. The molecular formula is C10H18N2O4S2. The van der Waals surface area contributed by atoms with Crippen molar-refractivity contribution in [2.24, 2.45) is 5.73 Å². The van der Waals surface area contributed by atoms with Crippen LogP contribution in [0.3, 0.4) is 0 Å². The standard InChI is InChI=1S/C10H18N2O4S2/c1-16-7-5-12(4-6-13)18(14,15)10-3-2-9(8-11)17-10/h2-3,13H,4-8,11H2,1H3. The summed E-state index contributed by atoms with van der Waals surface area (Å²) in [5.74, 6) is 0. The normalized spacial score (nSPS) is 12.2. The van der Waals surface area contributed by atoms with Gasteiger partial charge in [0.2, 0.25) is 0 Å². The van der Waals surface area contributed by atoms with Gasteiger partial charge in [0.25, 0.3) is 10.0 Å². The molecule has 1 aromatic heterocycles. The first kappa shape index (κ1) is 15.5. The van der Waals surface area contributed by atoms with E-state index in [0.717, 1.165) is 16.2 Å². The molecule has 0 amide bonds. The Bertz CT molecular complexity index is 458. The Morgan fingerprint density at radius 1 is 1.44 bits per heavy atom. The molecule has 0 aliphatic heterocycles. The number of aliphatic hydroxyl groups excluding tert-OH is 1. The Hall–Kier alpha value is -0.510. The van der Waals surface area contributed by atoms with Gasteiger partial charge in [-0.15, -0.1) is 11.3 Å². The van der Waals surface area contributed by atoms with Gasteiger partial charge in [-0.05, 0) is 12.1 Å². The molecule has 0 radical (unpaired) electrons. The molecule has 8 heteroatoms. The van der Waals surface area contributed by atoms with Crippen LogP contribution in [0.2, 0.25) is 0 Å². The van der Waals surface area contributed by atoms with Crippen LogP contribution in [0.1, 0.15) is 4.88 Å². The highest BCUT2D eigenvalue weighted by atomic mass is 32.2. The van der Waals surface area contributed by atoms with Gasteiger partial charge in [-0.2, -0.15) is 4.31 Å². The first-order chi connectivity index (χ1) is 8.56. The number of rotatable bonds is 8. The van der Waals surface area contributed by atoms with Crippen LogP contribution in [-0.2, 0) is 21.3 Å². The quantitative estimate of drug-likeness (QED) is 0.695. The van der Waals surface area contributed by atoms with Crippen molar-refractivity contribution >= 4 is 21.4 Å². The number of ether oxygens (including phenoxy) is 1. The molecule has 1 aromatic rings. The van der Waals surface area contributed by atoms with E-state index in [9.17, 15) is 8.42 Å². The molecule has 1 rings (SSSR count). The van der Waals surface area contributed by atoms with E-state index in [2.05, 4.69) is 0 Å². The number of nitrogens with zero attached hydrogens (tertiary/aromatic N) is 1. The van der Waals surface area contributed by atoms with Crippen LogP contribution in [-0.4, -0.2) is 51.2 Å². The fraction of sp³-hybridized carbons (Fsp3) is 0.600. The smallest absolute Gasteiger partial charge is 0.252 e. The summed E-state index contributed by atoms with van der Waals surface area (Å²) < 4.78 is 30.9. The van der Waals surface area contributed by atoms with Gasteiger partial charge >= 0.3 is 0 Å². The van der Waals surface area contributed by atoms with E-state index in [1.165, 1.54) is 11.4 Å². The Kier molecular flexibility index (Phi) is 6.19. The number of sulfonamides is 1. The van der Waals surface area contributed by atoms with E-state index >= 15 is 0 Å². The van der Waals surface area contributed by atoms with E-state index in [1.807, 2.05) is 0 Å². The summed E-state index contributed by atoms with van der Waals surface area (Å²) in [6.45, 7) is 0.654. The SMILES string of the molecule is COCCN(CCO)S(=O)(=O)c1ccc(CN)s1. The summed E-state index contributed by atoms with van der Waals surface area (Å²) in [5.41, 5.74) is 5.46. The fourth-order valence-electron chi connectivity index (χ4n) is 1.39. The molecule has 0 aromatic carbocycles.